The van der Waals surface area contributed by atoms with Gasteiger partial charge in [0.05, 0.1) is 31.0 Å². The lowest BCUT2D eigenvalue weighted by Gasteiger charge is -2.36. The number of hydrogen-bond acceptors (Lipinski definition) is 7. The van der Waals surface area contributed by atoms with Crippen molar-refractivity contribution in [1.29, 1.82) is 0 Å². The quantitative estimate of drug-likeness (QED) is 0.347. The summed E-state index contributed by atoms with van der Waals surface area (Å²) < 4.78 is 115. The molecule has 2 amide bonds. The van der Waals surface area contributed by atoms with Gasteiger partial charge in [0.2, 0.25) is 0 Å². The Hall–Kier alpha value is -3.18. The summed E-state index contributed by atoms with van der Waals surface area (Å²) in [5.74, 6) is -3.49. The van der Waals surface area contributed by atoms with E-state index in [4.69, 9.17) is 14.2 Å². The molecule has 2 aromatic rings. The SMILES string of the molecule is CCn1cc(CN(C(=O)Nc2nc(N3CCO[C@H](C)C3)cc(C(F)(F)F)c2F)C(C(OC)OC)C(F)(F)F)cn1. The number of pyridine rings is 1. The molecule has 224 valence electrons. The molecule has 0 spiro atoms. The number of halogens is 7. The number of nitrogens with zero attached hydrogens (tertiary/aromatic N) is 5. The molecule has 1 unspecified atom stereocenters. The van der Waals surface area contributed by atoms with E-state index in [1.54, 1.807) is 13.8 Å². The van der Waals surface area contributed by atoms with Crippen LogP contribution in [0.2, 0.25) is 0 Å². The van der Waals surface area contributed by atoms with Crippen molar-refractivity contribution in [3.8, 4) is 0 Å². The first-order chi connectivity index (χ1) is 18.7. The van der Waals surface area contributed by atoms with Crippen molar-refractivity contribution in [1.82, 2.24) is 19.7 Å². The van der Waals surface area contributed by atoms with Crippen LogP contribution in [-0.2, 0) is 33.5 Å². The van der Waals surface area contributed by atoms with Gasteiger partial charge in [0.25, 0.3) is 0 Å². The fourth-order valence-corrected chi connectivity index (χ4v) is 4.15. The number of methoxy groups -OCH3 is 2. The predicted molar refractivity (Wildman–Crippen MR) is 127 cm³/mol. The number of nitrogens with one attached hydrogen (secondary N) is 1. The molecule has 0 aliphatic carbocycles. The molecule has 1 aliphatic heterocycles. The molecule has 0 bridgehead atoms. The molecule has 2 atom stereocenters. The van der Waals surface area contributed by atoms with Crippen LogP contribution in [0.3, 0.4) is 0 Å². The van der Waals surface area contributed by atoms with Crippen LogP contribution in [-0.4, -0.2) is 84.2 Å². The van der Waals surface area contributed by atoms with Crippen LogP contribution >= 0.6 is 0 Å². The van der Waals surface area contributed by atoms with Crippen LogP contribution in [0.4, 0.5) is 47.2 Å². The summed E-state index contributed by atoms with van der Waals surface area (Å²) in [7, 11) is 1.84. The monoisotopic (exact) mass is 586 g/mol. The van der Waals surface area contributed by atoms with Crippen LogP contribution < -0.4 is 10.2 Å². The van der Waals surface area contributed by atoms with Crippen molar-refractivity contribution in [3.63, 3.8) is 0 Å². The van der Waals surface area contributed by atoms with Crippen LogP contribution in [0.1, 0.15) is 25.0 Å². The van der Waals surface area contributed by atoms with Gasteiger partial charge in [-0.15, -0.1) is 0 Å². The molecule has 0 aromatic carbocycles. The number of rotatable bonds is 9. The van der Waals surface area contributed by atoms with Crippen molar-refractivity contribution in [2.45, 2.75) is 57.7 Å². The summed E-state index contributed by atoms with van der Waals surface area (Å²) in [6, 6.07) is -3.87. The number of amides is 2. The molecule has 0 radical (unpaired) electrons. The number of urea groups is 1. The van der Waals surface area contributed by atoms with E-state index in [1.807, 2.05) is 5.32 Å². The van der Waals surface area contributed by atoms with E-state index in [-0.39, 0.29) is 42.1 Å². The van der Waals surface area contributed by atoms with E-state index < -0.39 is 54.5 Å². The molecule has 10 nitrogen and oxygen atoms in total. The highest BCUT2D eigenvalue weighted by Crippen LogP contribution is 2.37. The zero-order chi connectivity index (χ0) is 29.8. The summed E-state index contributed by atoms with van der Waals surface area (Å²) in [5.41, 5.74) is -1.60. The van der Waals surface area contributed by atoms with E-state index in [2.05, 4.69) is 10.1 Å². The average molecular weight is 587 g/mol. The van der Waals surface area contributed by atoms with Crippen molar-refractivity contribution in [2.75, 3.05) is 44.1 Å². The first kappa shape index (κ1) is 31.3. The summed E-state index contributed by atoms with van der Waals surface area (Å²) in [4.78, 5) is 18.8. The molecule has 1 fully saturated rings. The Morgan fingerprint density at radius 3 is 2.45 bits per heavy atom. The van der Waals surface area contributed by atoms with E-state index in [9.17, 15) is 31.1 Å². The molecule has 2 aromatic heterocycles. The Labute approximate surface area is 225 Å². The Morgan fingerprint density at radius 2 is 1.93 bits per heavy atom. The molecule has 1 saturated heterocycles. The molecule has 40 heavy (non-hydrogen) atoms. The summed E-state index contributed by atoms with van der Waals surface area (Å²) in [5, 5.41) is 5.78. The van der Waals surface area contributed by atoms with Crippen LogP contribution in [0, 0.1) is 5.82 Å². The van der Waals surface area contributed by atoms with Gasteiger partial charge in [-0.05, 0) is 19.9 Å². The number of carbonyl (C=O) groups is 1. The van der Waals surface area contributed by atoms with Crippen molar-refractivity contribution >= 4 is 17.7 Å². The lowest BCUT2D eigenvalue weighted by Crippen LogP contribution is -2.57. The minimum absolute atomic E-state index is 0.108. The van der Waals surface area contributed by atoms with E-state index >= 15 is 4.39 Å². The van der Waals surface area contributed by atoms with Gasteiger partial charge in [-0.25, -0.2) is 14.2 Å². The smallest absolute Gasteiger partial charge is 0.375 e. The third-order valence-corrected chi connectivity index (χ3v) is 6.06. The van der Waals surface area contributed by atoms with Crippen molar-refractivity contribution in [3.05, 3.63) is 35.4 Å². The number of aryl methyl sites for hydroxylation is 1. The molecule has 0 saturated carbocycles. The van der Waals surface area contributed by atoms with E-state index in [0.29, 0.717) is 12.6 Å². The van der Waals surface area contributed by atoms with E-state index in [0.717, 1.165) is 14.2 Å². The summed E-state index contributed by atoms with van der Waals surface area (Å²) >= 11 is 0. The van der Waals surface area contributed by atoms with E-state index in [1.165, 1.54) is 22.0 Å². The normalized spacial score (nSPS) is 17.3. The second-order valence-corrected chi connectivity index (χ2v) is 8.90. The maximum absolute atomic E-state index is 15.1. The zero-order valence-electron chi connectivity index (χ0n) is 22.0. The van der Waals surface area contributed by atoms with Crippen LogP contribution in [0.25, 0.3) is 0 Å². The zero-order valence-corrected chi connectivity index (χ0v) is 22.0. The van der Waals surface area contributed by atoms with Gasteiger partial charge in [0, 0.05) is 45.6 Å². The molecule has 17 heteroatoms. The van der Waals surface area contributed by atoms with Gasteiger partial charge in [-0.1, -0.05) is 0 Å². The summed E-state index contributed by atoms with van der Waals surface area (Å²) in [6.45, 7) is 3.40. The van der Waals surface area contributed by atoms with Gasteiger partial charge >= 0.3 is 18.4 Å². The Kier molecular flexibility index (Phi) is 9.84. The first-order valence-corrected chi connectivity index (χ1v) is 12.0. The highest BCUT2D eigenvalue weighted by molar-refractivity contribution is 5.89. The number of ether oxygens (including phenoxy) is 3. The van der Waals surface area contributed by atoms with Crippen molar-refractivity contribution in [2.24, 2.45) is 0 Å². The third-order valence-electron chi connectivity index (χ3n) is 6.06. The third kappa shape index (κ3) is 7.31. The number of anilines is 2. The van der Waals surface area contributed by atoms with Gasteiger partial charge in [0.15, 0.2) is 24.0 Å². The van der Waals surface area contributed by atoms with Crippen LogP contribution in [0.15, 0.2) is 18.5 Å². The number of morpholine rings is 1. The highest BCUT2D eigenvalue weighted by atomic mass is 19.4. The van der Waals surface area contributed by atoms with Crippen LogP contribution in [0.5, 0.6) is 0 Å². The number of hydrogen-bond donors (Lipinski definition) is 1. The Bertz CT molecular complexity index is 1160. The fraction of sp³-hybridized carbons (Fsp3) is 0.609. The maximum Gasteiger partial charge on any atom is 0.419 e. The van der Waals surface area contributed by atoms with Gasteiger partial charge in [-0.3, -0.25) is 10.00 Å². The Morgan fingerprint density at radius 1 is 1.25 bits per heavy atom. The lowest BCUT2D eigenvalue weighted by atomic mass is 10.2. The van der Waals surface area contributed by atoms with Crippen molar-refractivity contribution < 1.29 is 49.7 Å². The van der Waals surface area contributed by atoms with Gasteiger partial charge in [0.1, 0.15) is 5.82 Å². The standard InChI is InChI=1S/C23H29F7N6O4/c1-5-35-11-14(9-31-35)12-36(18(23(28,29)30)20(38-3)39-4)21(37)33-19-17(24)15(22(25,26)27)8-16(32-19)34-6-7-40-13(2)10-34/h8-9,11,13,18,20H,5-7,10,12H2,1-4H3,(H,32,33,37)/t13-,18?/m1/s1. The average Bonchev–Trinajstić information content (AvgIpc) is 3.33. The Balaban J connectivity index is 2.07. The molecule has 3 rings (SSSR count). The lowest BCUT2D eigenvalue weighted by molar-refractivity contribution is -0.251. The second kappa shape index (κ2) is 12.6. The number of alkyl halides is 6. The van der Waals surface area contributed by atoms with Gasteiger partial charge in [-0.2, -0.15) is 31.4 Å². The molecule has 3 heterocycles. The minimum Gasteiger partial charge on any atom is -0.375 e. The van der Waals surface area contributed by atoms with Gasteiger partial charge < -0.3 is 24.0 Å². The fourth-order valence-electron chi connectivity index (χ4n) is 4.15. The molecular formula is C23H29F7N6O4. The largest absolute Gasteiger partial charge is 0.419 e. The number of carbonyl (C=O) groups excluding carboxylic acids is 1. The predicted octanol–water partition coefficient (Wildman–Crippen LogP) is 4.26. The molecule has 1 aliphatic rings. The highest BCUT2D eigenvalue weighted by Gasteiger charge is 2.51. The topological polar surface area (TPSA) is 94.0 Å². The summed E-state index contributed by atoms with van der Waals surface area (Å²) in [6.07, 6.45) is -10.2. The minimum atomic E-state index is -5.20. The molecular weight excluding hydrogens is 557 g/mol. The first-order valence-electron chi connectivity index (χ1n) is 12.0. The number of aromatic nitrogens is 3. The molecule has 1 N–H and O–H groups in total. The maximum atomic E-state index is 15.1. The second-order valence-electron chi connectivity index (χ2n) is 8.90.